The fraction of sp³-hybridized carbons (Fsp3) is 0.0769. The summed E-state index contributed by atoms with van der Waals surface area (Å²) in [7, 11) is 0. The monoisotopic (exact) mass is 226 g/mol. The molecule has 2 rings (SSSR count). The molecule has 0 aliphatic rings. The summed E-state index contributed by atoms with van der Waals surface area (Å²) in [6.45, 7) is 0.665. The van der Waals surface area contributed by atoms with Crippen molar-refractivity contribution >= 4 is 11.5 Å². The second-order valence-corrected chi connectivity index (χ2v) is 3.67. The number of anilines is 1. The number of benzene rings is 1. The first-order valence-electron chi connectivity index (χ1n) is 5.33. The summed E-state index contributed by atoms with van der Waals surface area (Å²) in [5.41, 5.74) is 8.19. The number of hydrogen-bond acceptors (Lipinski definition) is 3. The quantitative estimate of drug-likeness (QED) is 0.551. The van der Waals surface area contributed by atoms with Gasteiger partial charge in [0, 0.05) is 30.2 Å². The Kier molecular flexibility index (Phi) is 3.35. The molecule has 0 atom stereocenters. The summed E-state index contributed by atoms with van der Waals surface area (Å²) in [6, 6.07) is 11.4. The predicted molar refractivity (Wildman–Crippen MR) is 69.0 cm³/mol. The third kappa shape index (κ3) is 2.81. The number of rotatable bonds is 4. The number of nitrogen functional groups attached to an aromatic ring is 1. The molecule has 4 heteroatoms. The van der Waals surface area contributed by atoms with E-state index >= 15 is 0 Å². The first-order chi connectivity index (χ1) is 8.27. The maximum absolute atomic E-state index is 7.48. The van der Waals surface area contributed by atoms with E-state index < -0.39 is 0 Å². The van der Waals surface area contributed by atoms with Gasteiger partial charge in [-0.1, -0.05) is 18.2 Å². The highest BCUT2D eigenvalue weighted by molar-refractivity contribution is 6.00. The van der Waals surface area contributed by atoms with Crippen molar-refractivity contribution in [1.82, 2.24) is 4.98 Å². The molecule has 17 heavy (non-hydrogen) atoms. The largest absolute Gasteiger partial charge is 0.384 e. The molecular weight excluding hydrogens is 212 g/mol. The summed E-state index contributed by atoms with van der Waals surface area (Å²) in [6.07, 6.45) is 3.55. The van der Waals surface area contributed by atoms with Crippen LogP contribution < -0.4 is 11.1 Å². The number of nitrogens with two attached hydrogens (primary N) is 1. The van der Waals surface area contributed by atoms with Gasteiger partial charge in [0.2, 0.25) is 0 Å². The molecule has 0 aliphatic carbocycles. The first kappa shape index (κ1) is 11.1. The van der Waals surface area contributed by atoms with Gasteiger partial charge in [0.1, 0.15) is 5.84 Å². The second-order valence-electron chi connectivity index (χ2n) is 3.67. The SMILES string of the molecule is N=C(N)c1ccccc1NCc1cccnc1. The Morgan fingerprint density at radius 2 is 2.06 bits per heavy atom. The maximum atomic E-state index is 7.48. The second kappa shape index (κ2) is 5.12. The molecule has 4 nitrogen and oxygen atoms in total. The van der Waals surface area contributed by atoms with Crippen LogP contribution in [0.1, 0.15) is 11.1 Å². The van der Waals surface area contributed by atoms with E-state index in [0.717, 1.165) is 16.8 Å². The van der Waals surface area contributed by atoms with E-state index in [1.807, 2.05) is 42.6 Å². The third-order valence-corrected chi connectivity index (χ3v) is 2.42. The van der Waals surface area contributed by atoms with Gasteiger partial charge < -0.3 is 11.1 Å². The van der Waals surface area contributed by atoms with Gasteiger partial charge >= 0.3 is 0 Å². The normalized spacial score (nSPS) is 9.88. The molecule has 0 radical (unpaired) electrons. The number of pyridine rings is 1. The van der Waals surface area contributed by atoms with Crippen LogP contribution in [0.15, 0.2) is 48.8 Å². The van der Waals surface area contributed by atoms with Gasteiger partial charge in [0.05, 0.1) is 0 Å². The lowest BCUT2D eigenvalue weighted by Crippen LogP contribution is -2.14. The number of nitrogens with zero attached hydrogens (tertiary/aromatic N) is 1. The number of amidine groups is 1. The highest BCUT2D eigenvalue weighted by Crippen LogP contribution is 2.15. The molecule has 0 aliphatic heterocycles. The van der Waals surface area contributed by atoms with Crippen LogP contribution in [0.2, 0.25) is 0 Å². The molecule has 1 aromatic carbocycles. The molecular formula is C13H14N4. The topological polar surface area (TPSA) is 74.8 Å². The molecule has 2 aromatic rings. The van der Waals surface area contributed by atoms with Gasteiger partial charge in [-0.05, 0) is 23.8 Å². The smallest absolute Gasteiger partial charge is 0.124 e. The lowest BCUT2D eigenvalue weighted by molar-refractivity contribution is 1.11. The van der Waals surface area contributed by atoms with Crippen LogP contribution in [0, 0.1) is 5.41 Å². The van der Waals surface area contributed by atoms with Crippen LogP contribution in [0.4, 0.5) is 5.69 Å². The Morgan fingerprint density at radius 1 is 1.24 bits per heavy atom. The molecule has 86 valence electrons. The molecule has 0 saturated heterocycles. The van der Waals surface area contributed by atoms with Gasteiger partial charge in [0.15, 0.2) is 0 Å². The van der Waals surface area contributed by atoms with Crippen molar-refractivity contribution in [2.75, 3.05) is 5.32 Å². The molecule has 0 fully saturated rings. The first-order valence-corrected chi connectivity index (χ1v) is 5.33. The number of hydrogen-bond donors (Lipinski definition) is 3. The van der Waals surface area contributed by atoms with Crippen LogP contribution in [-0.2, 0) is 6.54 Å². The maximum Gasteiger partial charge on any atom is 0.124 e. The van der Waals surface area contributed by atoms with Crippen LogP contribution in [0.5, 0.6) is 0 Å². The zero-order valence-electron chi connectivity index (χ0n) is 9.35. The van der Waals surface area contributed by atoms with Crippen molar-refractivity contribution < 1.29 is 0 Å². The van der Waals surface area contributed by atoms with E-state index in [-0.39, 0.29) is 5.84 Å². The van der Waals surface area contributed by atoms with Crippen LogP contribution in [0.3, 0.4) is 0 Å². The minimum absolute atomic E-state index is 0.0688. The summed E-state index contributed by atoms with van der Waals surface area (Å²) in [4.78, 5) is 4.05. The number of aromatic nitrogens is 1. The Morgan fingerprint density at radius 3 is 2.76 bits per heavy atom. The van der Waals surface area contributed by atoms with E-state index in [9.17, 15) is 0 Å². The van der Waals surface area contributed by atoms with Crippen LogP contribution >= 0.6 is 0 Å². The average Bonchev–Trinajstić information content (AvgIpc) is 2.38. The molecule has 1 heterocycles. The van der Waals surface area contributed by atoms with Crippen molar-refractivity contribution in [2.24, 2.45) is 5.73 Å². The lowest BCUT2D eigenvalue weighted by Gasteiger charge is -2.10. The zero-order valence-corrected chi connectivity index (χ0v) is 9.35. The molecule has 0 saturated carbocycles. The minimum atomic E-state index is 0.0688. The molecule has 0 bridgehead atoms. The Bertz CT molecular complexity index is 508. The standard InChI is InChI=1S/C13H14N4/c14-13(15)11-5-1-2-6-12(11)17-9-10-4-3-7-16-8-10/h1-8,17H,9H2,(H3,14,15). The zero-order chi connectivity index (χ0) is 12.1. The molecule has 0 unspecified atom stereocenters. The van der Waals surface area contributed by atoms with E-state index in [2.05, 4.69) is 10.3 Å². The van der Waals surface area contributed by atoms with Gasteiger partial charge in [-0.2, -0.15) is 0 Å². The fourth-order valence-electron chi connectivity index (χ4n) is 1.57. The van der Waals surface area contributed by atoms with E-state index in [1.165, 1.54) is 0 Å². The van der Waals surface area contributed by atoms with Crippen molar-refractivity contribution in [1.29, 1.82) is 5.41 Å². The predicted octanol–water partition coefficient (Wildman–Crippen LogP) is 1.98. The molecule has 4 N–H and O–H groups in total. The highest BCUT2D eigenvalue weighted by Gasteiger charge is 2.03. The lowest BCUT2D eigenvalue weighted by atomic mass is 10.1. The van der Waals surface area contributed by atoms with Crippen LogP contribution in [0.25, 0.3) is 0 Å². The van der Waals surface area contributed by atoms with Gasteiger partial charge in [0.25, 0.3) is 0 Å². The summed E-state index contributed by atoms with van der Waals surface area (Å²) < 4.78 is 0. The van der Waals surface area contributed by atoms with Gasteiger partial charge in [-0.3, -0.25) is 10.4 Å². The van der Waals surface area contributed by atoms with Crippen molar-refractivity contribution in [2.45, 2.75) is 6.54 Å². The molecule has 0 amide bonds. The third-order valence-electron chi connectivity index (χ3n) is 2.42. The average molecular weight is 226 g/mol. The Labute approximate surface area is 100 Å². The summed E-state index contributed by atoms with van der Waals surface area (Å²) in [5.74, 6) is 0.0688. The van der Waals surface area contributed by atoms with Gasteiger partial charge in [-0.25, -0.2) is 0 Å². The van der Waals surface area contributed by atoms with E-state index in [0.29, 0.717) is 6.54 Å². The molecule has 1 aromatic heterocycles. The number of nitrogens with one attached hydrogen (secondary N) is 2. The Balaban J connectivity index is 2.12. The van der Waals surface area contributed by atoms with Crippen molar-refractivity contribution in [3.8, 4) is 0 Å². The fourth-order valence-corrected chi connectivity index (χ4v) is 1.57. The van der Waals surface area contributed by atoms with E-state index in [4.69, 9.17) is 11.1 Å². The van der Waals surface area contributed by atoms with Crippen molar-refractivity contribution in [3.05, 3.63) is 59.9 Å². The number of para-hydroxylation sites is 1. The van der Waals surface area contributed by atoms with Crippen LogP contribution in [-0.4, -0.2) is 10.8 Å². The summed E-state index contributed by atoms with van der Waals surface area (Å²) in [5, 5.41) is 10.7. The summed E-state index contributed by atoms with van der Waals surface area (Å²) >= 11 is 0. The van der Waals surface area contributed by atoms with Gasteiger partial charge in [-0.15, -0.1) is 0 Å². The highest BCUT2D eigenvalue weighted by atomic mass is 14.9. The van der Waals surface area contributed by atoms with Crippen molar-refractivity contribution in [3.63, 3.8) is 0 Å². The molecule has 0 spiro atoms. The Hall–Kier alpha value is -2.36. The van der Waals surface area contributed by atoms with E-state index in [1.54, 1.807) is 6.20 Å². The minimum Gasteiger partial charge on any atom is -0.384 e.